The summed E-state index contributed by atoms with van der Waals surface area (Å²) in [6.07, 6.45) is -0.901. The van der Waals surface area contributed by atoms with Crippen LogP contribution < -0.4 is 0 Å². The number of fused-ring (bicyclic) bond motifs is 3. The van der Waals surface area contributed by atoms with E-state index < -0.39 is 43.1 Å². The Morgan fingerprint density at radius 2 is 1.52 bits per heavy atom. The molecule has 0 unspecified atom stereocenters. The van der Waals surface area contributed by atoms with E-state index in [-0.39, 0.29) is 81.8 Å². The van der Waals surface area contributed by atoms with Crippen molar-refractivity contribution in [1.82, 2.24) is 9.97 Å². The number of rotatable bonds is 6. The number of aromatic nitrogens is 2. The van der Waals surface area contributed by atoms with Crippen LogP contribution in [0.4, 0.5) is 13.2 Å². The van der Waals surface area contributed by atoms with E-state index in [1.165, 1.54) is 24.3 Å². The standard InChI is InChI=1S/C40H35F3NO.C16H18N.Ir/c1-24-21-28(26-17-19-39(3,4)20-18-26)13-14-29(24)33-22-35(44-23-25(33)2)32-12-8-11-30-31-15-16-34(40(41,42)43)36(38(31)45-37(30)32)27-9-6-5-7-10-27;1-16(2,3)11-13-9-10-15(17-12-13)14-7-5-4-6-8-14;/h5-11,13-16,21-23,26H,17-20H2,1-4H3;4-7,9-10,12H,11H2,1-3H3;/q2*-1;/i1D3,2D3,14D,26D;11D2;. The van der Waals surface area contributed by atoms with Crippen molar-refractivity contribution < 1.29 is 51.4 Å². The van der Waals surface area contributed by atoms with Crippen LogP contribution in [0.1, 0.15) is 108 Å². The average Bonchev–Trinajstić information content (AvgIpc) is 3.71. The SMILES string of the molecule is [2H]C([2H])(c1ccc(-c2[c-]cccc2)nc1)C(C)(C)C.[2H]c1cc(C2([2H])CCC(C)(C)CC2)cc(C([2H])([2H])[2H])c1-c1cc(-c2[c-]ccc3c2oc2c(-c4ccccc4)c(C(F)(F)F)ccc23)ncc1C([2H])([2H])[2H].[Ir]. The summed E-state index contributed by atoms with van der Waals surface area (Å²) in [7, 11) is 0. The quantitative estimate of drug-likeness (QED) is 0.156. The van der Waals surface area contributed by atoms with Gasteiger partial charge in [-0.25, -0.2) is 0 Å². The molecule has 1 saturated carbocycles. The molecule has 0 atom stereocenters. The third-order valence-corrected chi connectivity index (χ3v) is 11.2. The smallest absolute Gasteiger partial charge is 0.417 e. The Morgan fingerprint density at radius 3 is 2.19 bits per heavy atom. The van der Waals surface area contributed by atoms with Gasteiger partial charge in [-0.15, -0.1) is 54.1 Å². The number of halogens is 3. The van der Waals surface area contributed by atoms with Gasteiger partial charge in [0.25, 0.3) is 0 Å². The first kappa shape index (κ1) is 34.1. The fourth-order valence-corrected chi connectivity index (χ4v) is 7.98. The van der Waals surface area contributed by atoms with E-state index in [1.807, 2.05) is 57.2 Å². The van der Waals surface area contributed by atoms with Crippen molar-refractivity contribution in [3.8, 4) is 44.8 Å². The molecule has 0 saturated heterocycles. The van der Waals surface area contributed by atoms with E-state index in [4.69, 9.17) is 16.8 Å². The Morgan fingerprint density at radius 1 is 0.794 bits per heavy atom. The second-order valence-electron chi connectivity index (χ2n) is 17.6. The minimum absolute atomic E-state index is 0. The molecule has 1 aliphatic rings. The predicted octanol–water partition coefficient (Wildman–Crippen LogP) is 16.2. The molecule has 5 aromatic carbocycles. The first-order valence-corrected chi connectivity index (χ1v) is 20.6. The fourth-order valence-electron chi connectivity index (χ4n) is 7.98. The second kappa shape index (κ2) is 18.4. The van der Waals surface area contributed by atoms with Gasteiger partial charge in [0.1, 0.15) is 5.58 Å². The number of furan rings is 1. The summed E-state index contributed by atoms with van der Waals surface area (Å²) in [5.41, 5.74) is 1.32. The topological polar surface area (TPSA) is 38.9 Å². The average molecular weight is 1030 g/mol. The van der Waals surface area contributed by atoms with Crippen molar-refractivity contribution in [1.29, 1.82) is 0 Å². The molecule has 325 valence electrons. The molecule has 9 rings (SSSR count). The van der Waals surface area contributed by atoms with Crippen LogP contribution in [0.15, 0.2) is 132 Å². The van der Waals surface area contributed by atoms with Crippen LogP contribution in [0, 0.1) is 36.7 Å². The molecule has 3 aromatic heterocycles. The van der Waals surface area contributed by atoms with Crippen LogP contribution in [0.25, 0.3) is 66.7 Å². The summed E-state index contributed by atoms with van der Waals surface area (Å²) in [5.74, 6) is -1.11. The van der Waals surface area contributed by atoms with E-state index in [9.17, 15) is 14.5 Å². The third kappa shape index (κ3) is 10.2. The maximum absolute atomic E-state index is 14.4. The molecule has 8 aromatic rings. The molecule has 3 nitrogen and oxygen atoms in total. The third-order valence-electron chi connectivity index (χ3n) is 11.2. The van der Waals surface area contributed by atoms with Gasteiger partial charge in [0, 0.05) is 55.8 Å². The fraction of sp³-hybridized carbons (Fsp3) is 0.286. The molecule has 0 aliphatic heterocycles. The van der Waals surface area contributed by atoms with Crippen molar-refractivity contribution in [3.63, 3.8) is 0 Å². The molecule has 3 heterocycles. The van der Waals surface area contributed by atoms with Crippen molar-refractivity contribution >= 4 is 21.9 Å². The van der Waals surface area contributed by atoms with Gasteiger partial charge in [-0.3, -0.25) is 0 Å². The first-order chi connectivity index (χ1) is 33.5. The van der Waals surface area contributed by atoms with E-state index >= 15 is 0 Å². The number of nitrogens with zero attached hydrogens (tertiary/aromatic N) is 2. The minimum atomic E-state index is -4.69. The molecule has 63 heavy (non-hydrogen) atoms. The van der Waals surface area contributed by atoms with E-state index in [0.29, 0.717) is 40.3 Å². The van der Waals surface area contributed by atoms with Crippen LogP contribution >= 0.6 is 0 Å². The van der Waals surface area contributed by atoms with Crippen LogP contribution in [0.2, 0.25) is 0 Å². The summed E-state index contributed by atoms with van der Waals surface area (Å²) < 4.78 is 135. The van der Waals surface area contributed by atoms with Crippen molar-refractivity contribution in [2.45, 2.75) is 92.4 Å². The summed E-state index contributed by atoms with van der Waals surface area (Å²) in [5, 5.41) is 0.874. The van der Waals surface area contributed by atoms with Crippen LogP contribution in [0.3, 0.4) is 0 Å². The molecule has 1 fully saturated rings. The summed E-state index contributed by atoms with van der Waals surface area (Å²) in [6.45, 7) is 4.39. The number of benzene rings is 5. The maximum atomic E-state index is 14.4. The van der Waals surface area contributed by atoms with Crippen molar-refractivity contribution in [2.24, 2.45) is 10.8 Å². The van der Waals surface area contributed by atoms with Crippen LogP contribution in [0.5, 0.6) is 0 Å². The first-order valence-electron chi connectivity index (χ1n) is 25.6. The van der Waals surface area contributed by atoms with Gasteiger partial charge >= 0.3 is 6.18 Å². The number of aryl methyl sites for hydroxylation is 2. The van der Waals surface area contributed by atoms with E-state index in [1.54, 1.807) is 48.7 Å². The molecule has 1 aliphatic carbocycles. The second-order valence-corrected chi connectivity index (χ2v) is 17.6. The van der Waals surface area contributed by atoms with Gasteiger partial charge in [-0.1, -0.05) is 118 Å². The number of pyridine rings is 2. The van der Waals surface area contributed by atoms with Gasteiger partial charge in [-0.2, -0.15) is 13.2 Å². The van der Waals surface area contributed by atoms with Gasteiger partial charge in [0.15, 0.2) is 0 Å². The summed E-state index contributed by atoms with van der Waals surface area (Å²) in [4.78, 5) is 8.79. The van der Waals surface area contributed by atoms with Gasteiger partial charge in [0.05, 0.1) is 12.5 Å². The predicted molar refractivity (Wildman–Crippen MR) is 248 cm³/mol. The molecular weight excluding hydrogens is 966 g/mol. The van der Waals surface area contributed by atoms with Crippen molar-refractivity contribution in [2.75, 3.05) is 0 Å². The summed E-state index contributed by atoms with van der Waals surface area (Å²) >= 11 is 0. The monoisotopic (exact) mass is 1030 g/mol. The van der Waals surface area contributed by atoms with Gasteiger partial charge in [-0.05, 0) is 119 Å². The molecule has 7 heteroatoms. The van der Waals surface area contributed by atoms with E-state index in [0.717, 1.165) is 36.4 Å². The largest absolute Gasteiger partial charge is 0.500 e. The van der Waals surface area contributed by atoms with Crippen molar-refractivity contribution in [3.05, 3.63) is 168 Å². The maximum Gasteiger partial charge on any atom is 0.417 e. The molecule has 0 bridgehead atoms. The molecular formula is C56H53F3IrN2O-2. The Balaban J connectivity index is 0.000000328. The molecule has 0 spiro atoms. The Hall–Kier alpha value is -5.36. The zero-order valence-electron chi connectivity index (χ0n) is 45.6. The van der Waals surface area contributed by atoms with E-state index in [2.05, 4.69) is 35.9 Å². The zero-order chi connectivity index (χ0) is 52.4. The number of hydrogen-bond donors (Lipinski definition) is 0. The number of alkyl halides is 3. The minimum Gasteiger partial charge on any atom is -0.500 e. The Labute approximate surface area is 397 Å². The molecule has 1 radical (unpaired) electrons. The van der Waals surface area contributed by atoms with Gasteiger partial charge < -0.3 is 14.4 Å². The normalized spacial score (nSPS) is 17.7. The molecule has 0 amide bonds. The summed E-state index contributed by atoms with van der Waals surface area (Å²) in [6, 6.07) is 35.2. The zero-order valence-corrected chi connectivity index (χ0v) is 38.0. The Kier molecular flexibility index (Phi) is 9.95. The van der Waals surface area contributed by atoms with Crippen LogP contribution in [-0.2, 0) is 32.7 Å². The van der Waals surface area contributed by atoms with Crippen LogP contribution in [-0.4, -0.2) is 9.97 Å². The molecule has 0 N–H and O–H groups in total. The van der Waals surface area contributed by atoms with Gasteiger partial charge in [0.2, 0.25) is 0 Å². The Bertz CT molecular complexity index is 3260. The number of hydrogen-bond acceptors (Lipinski definition) is 3.